The second-order valence-electron chi connectivity index (χ2n) is 5.30. The highest BCUT2D eigenvalue weighted by Gasteiger charge is 2.27. The smallest absolute Gasteiger partial charge is 0.267 e. The topological polar surface area (TPSA) is 87.8 Å². The Bertz CT molecular complexity index is 845. The van der Waals surface area contributed by atoms with Gasteiger partial charge in [-0.25, -0.2) is 4.99 Å². The van der Waals surface area contributed by atoms with Crippen molar-refractivity contribution in [2.24, 2.45) is 4.99 Å². The second-order valence-corrected chi connectivity index (χ2v) is 7.54. The summed E-state index contributed by atoms with van der Waals surface area (Å²) in [5, 5.41) is 15.7. The summed E-state index contributed by atoms with van der Waals surface area (Å²) in [6.07, 6.45) is 4.74. The fourth-order valence-corrected chi connectivity index (χ4v) is 3.76. The summed E-state index contributed by atoms with van der Waals surface area (Å²) in [7, 11) is 0. The van der Waals surface area contributed by atoms with Crippen molar-refractivity contribution in [2.45, 2.75) is 6.92 Å². The number of anilines is 1. The molecule has 0 radical (unpaired) electrons. The number of nitrogens with zero attached hydrogens (tertiary/aromatic N) is 3. The zero-order valence-electron chi connectivity index (χ0n) is 13.2. The van der Waals surface area contributed by atoms with Crippen LogP contribution in [-0.4, -0.2) is 22.7 Å². The van der Waals surface area contributed by atoms with Crippen LogP contribution in [0.4, 0.5) is 5.69 Å². The molecule has 0 bridgehead atoms. The average Bonchev–Trinajstić information content (AvgIpc) is 3.06. The van der Waals surface area contributed by atoms with Crippen molar-refractivity contribution >= 4 is 40.1 Å². The SMILES string of the molecule is CC1=CC(NC(=O)C2=CC=C[SH]2[N+](=O)[O-])=NCN1c1ccc(Cl)cc1. The molecule has 7 nitrogen and oxygen atoms in total. The van der Waals surface area contributed by atoms with Gasteiger partial charge in [0.1, 0.15) is 17.4 Å². The largest absolute Gasteiger partial charge is 0.325 e. The molecule has 1 aromatic rings. The van der Waals surface area contributed by atoms with Crippen LogP contribution >= 0.6 is 22.7 Å². The monoisotopic (exact) mass is 378 g/mol. The van der Waals surface area contributed by atoms with E-state index in [2.05, 4.69) is 10.3 Å². The summed E-state index contributed by atoms with van der Waals surface area (Å²) in [5.41, 5.74) is 1.83. The van der Waals surface area contributed by atoms with E-state index in [-0.39, 0.29) is 4.91 Å². The molecular weight excluding hydrogens is 364 g/mol. The molecule has 9 heteroatoms. The lowest BCUT2D eigenvalue weighted by molar-refractivity contribution is -0.287. The first-order chi connectivity index (χ1) is 12.0. The van der Waals surface area contributed by atoms with Gasteiger partial charge in [-0.2, -0.15) is 0 Å². The lowest BCUT2D eigenvalue weighted by atomic mass is 10.2. The van der Waals surface area contributed by atoms with Crippen molar-refractivity contribution in [1.82, 2.24) is 5.32 Å². The van der Waals surface area contributed by atoms with Gasteiger partial charge < -0.3 is 10.2 Å². The third kappa shape index (κ3) is 3.75. The molecule has 2 heterocycles. The molecule has 0 spiro atoms. The van der Waals surface area contributed by atoms with Crippen LogP contribution in [0.3, 0.4) is 0 Å². The third-order valence-electron chi connectivity index (χ3n) is 3.67. The van der Waals surface area contributed by atoms with E-state index >= 15 is 0 Å². The Morgan fingerprint density at radius 1 is 1.40 bits per heavy atom. The fraction of sp³-hybridized carbons (Fsp3) is 0.125. The molecule has 0 fully saturated rings. The highest BCUT2D eigenvalue weighted by Crippen LogP contribution is 2.40. The van der Waals surface area contributed by atoms with E-state index in [0.29, 0.717) is 17.5 Å². The molecule has 0 aromatic heterocycles. The number of hydrogen-bond acceptors (Lipinski definition) is 5. The number of amidine groups is 1. The molecule has 1 aromatic carbocycles. The van der Waals surface area contributed by atoms with Crippen molar-refractivity contribution in [3.8, 4) is 0 Å². The number of halogens is 1. The highest BCUT2D eigenvalue weighted by atomic mass is 35.5. The number of hydrogen-bond donors (Lipinski definition) is 2. The second kappa shape index (κ2) is 7.12. The van der Waals surface area contributed by atoms with Gasteiger partial charge in [0.15, 0.2) is 0 Å². The number of amides is 1. The average molecular weight is 379 g/mol. The van der Waals surface area contributed by atoms with E-state index < -0.39 is 21.3 Å². The van der Waals surface area contributed by atoms with Crippen molar-refractivity contribution in [1.29, 1.82) is 0 Å². The molecule has 3 rings (SSSR count). The number of thiol groups is 1. The van der Waals surface area contributed by atoms with Gasteiger partial charge in [-0.05, 0) is 43.3 Å². The standard InChI is InChI=1S/C16H15ClN4O3S/c1-11-9-15(18-10-20(11)13-6-4-12(17)5-7-13)19-16(22)14-3-2-8-25(14)21(23)24/h2-9,25H,10H2,1H3,(H,18,19,22). The number of benzene rings is 1. The Hall–Kier alpha value is -2.58. The lowest BCUT2D eigenvalue weighted by Crippen LogP contribution is -2.36. The summed E-state index contributed by atoms with van der Waals surface area (Å²) in [6.45, 7) is 2.23. The van der Waals surface area contributed by atoms with Crippen LogP contribution in [0.2, 0.25) is 5.02 Å². The van der Waals surface area contributed by atoms with Gasteiger partial charge in [0.05, 0.1) is 15.4 Å². The van der Waals surface area contributed by atoms with Crippen LogP contribution in [0.25, 0.3) is 0 Å². The van der Waals surface area contributed by atoms with E-state index in [1.54, 1.807) is 18.2 Å². The van der Waals surface area contributed by atoms with Gasteiger partial charge >= 0.3 is 0 Å². The molecule has 1 amide bonds. The van der Waals surface area contributed by atoms with E-state index in [1.807, 2.05) is 24.0 Å². The predicted octanol–water partition coefficient (Wildman–Crippen LogP) is 3.14. The van der Waals surface area contributed by atoms with E-state index in [1.165, 1.54) is 17.6 Å². The number of nitrogens with one attached hydrogen (secondary N) is 1. The number of carbonyl (C=O) groups is 1. The fourth-order valence-electron chi connectivity index (χ4n) is 2.44. The molecule has 2 aliphatic rings. The third-order valence-corrected chi connectivity index (χ3v) is 5.57. The summed E-state index contributed by atoms with van der Waals surface area (Å²) in [5.74, 6) is -0.102. The predicted molar refractivity (Wildman–Crippen MR) is 101 cm³/mol. The normalized spacial score (nSPS) is 20.6. The number of aliphatic imine (C=N–C) groups is 1. The van der Waals surface area contributed by atoms with Crippen molar-refractivity contribution in [3.05, 3.63) is 73.6 Å². The summed E-state index contributed by atoms with van der Waals surface area (Å²) in [4.78, 5) is 29.7. The van der Waals surface area contributed by atoms with E-state index in [4.69, 9.17) is 11.6 Å². The molecule has 0 saturated carbocycles. The minimum Gasteiger partial charge on any atom is -0.325 e. The van der Waals surface area contributed by atoms with Gasteiger partial charge in [0.25, 0.3) is 5.91 Å². The molecule has 130 valence electrons. The van der Waals surface area contributed by atoms with Crippen LogP contribution < -0.4 is 10.2 Å². The molecule has 0 saturated heterocycles. The molecule has 2 aliphatic heterocycles. The van der Waals surface area contributed by atoms with Crippen LogP contribution in [0, 0.1) is 10.1 Å². The summed E-state index contributed by atoms with van der Waals surface area (Å²) in [6, 6.07) is 7.37. The zero-order chi connectivity index (χ0) is 18.0. The first kappa shape index (κ1) is 17.2. The first-order valence-corrected chi connectivity index (χ1v) is 9.09. The Balaban J connectivity index is 1.69. The van der Waals surface area contributed by atoms with Crippen LogP contribution in [-0.2, 0) is 4.79 Å². The van der Waals surface area contributed by atoms with Crippen LogP contribution in [0.1, 0.15) is 6.92 Å². The maximum atomic E-state index is 12.3. The zero-order valence-corrected chi connectivity index (χ0v) is 14.9. The maximum absolute atomic E-state index is 12.3. The van der Waals surface area contributed by atoms with Crippen molar-refractivity contribution in [2.75, 3.05) is 11.6 Å². The molecule has 1 unspecified atom stereocenters. The minimum atomic E-state index is -1.80. The van der Waals surface area contributed by atoms with Crippen LogP contribution in [0.5, 0.6) is 0 Å². The van der Waals surface area contributed by atoms with Crippen LogP contribution in [0.15, 0.2) is 63.5 Å². The van der Waals surface area contributed by atoms with Gasteiger partial charge in [0.2, 0.25) is 0 Å². The van der Waals surface area contributed by atoms with Crippen molar-refractivity contribution < 1.29 is 9.12 Å². The Morgan fingerprint density at radius 2 is 2.12 bits per heavy atom. The molecule has 0 aliphatic carbocycles. The van der Waals surface area contributed by atoms with Gasteiger partial charge in [0, 0.05) is 21.8 Å². The summed E-state index contributed by atoms with van der Waals surface area (Å²) >= 11 is 4.10. The number of carbonyl (C=O) groups excluding carboxylic acids is 1. The maximum Gasteiger partial charge on any atom is 0.267 e. The molecular formula is C16H15ClN4O3S. The van der Waals surface area contributed by atoms with E-state index in [9.17, 15) is 14.9 Å². The highest BCUT2D eigenvalue weighted by molar-refractivity contribution is 8.18. The number of allylic oxidation sites excluding steroid dienone is 3. The van der Waals surface area contributed by atoms with Gasteiger partial charge in [-0.1, -0.05) is 17.7 Å². The van der Waals surface area contributed by atoms with Gasteiger partial charge in [-0.3, -0.25) is 14.9 Å². The molecule has 1 N–H and O–H groups in total. The number of nitro groups is 1. The Labute approximate surface area is 152 Å². The van der Waals surface area contributed by atoms with Gasteiger partial charge in [-0.15, -0.1) is 0 Å². The Morgan fingerprint density at radius 3 is 2.76 bits per heavy atom. The Kier molecular flexibility index (Phi) is 4.91. The molecule has 25 heavy (non-hydrogen) atoms. The lowest BCUT2D eigenvalue weighted by Gasteiger charge is -2.27. The molecule has 1 atom stereocenters. The summed E-state index contributed by atoms with van der Waals surface area (Å²) < 4.78 is -0.434. The van der Waals surface area contributed by atoms with E-state index in [0.717, 1.165) is 11.4 Å². The first-order valence-electron chi connectivity index (χ1n) is 7.35. The van der Waals surface area contributed by atoms with Crippen molar-refractivity contribution in [3.63, 3.8) is 0 Å². The quantitative estimate of drug-likeness (QED) is 0.480. The number of rotatable bonds is 3. The minimum absolute atomic E-state index is 0.161.